The van der Waals surface area contributed by atoms with E-state index in [4.69, 9.17) is 16.1 Å². The van der Waals surface area contributed by atoms with Gasteiger partial charge in [-0.3, -0.25) is 4.79 Å². The van der Waals surface area contributed by atoms with Gasteiger partial charge < -0.3 is 16.2 Å². The Morgan fingerprint density at radius 2 is 2.24 bits per heavy atom. The van der Waals surface area contributed by atoms with Crippen molar-refractivity contribution in [1.82, 2.24) is 0 Å². The van der Waals surface area contributed by atoms with E-state index in [0.717, 1.165) is 5.69 Å². The quantitative estimate of drug-likeness (QED) is 0.683. The highest BCUT2D eigenvalue weighted by molar-refractivity contribution is 5.73. The molecule has 0 saturated heterocycles. The zero-order valence-corrected chi connectivity index (χ0v) is 9.18. The number of hydrogen-bond donors (Lipinski definition) is 3. The monoisotopic (exact) mass is 231 g/mol. The first kappa shape index (κ1) is 11.3. The van der Waals surface area contributed by atoms with Crippen molar-refractivity contribution in [3.8, 4) is 6.07 Å². The van der Waals surface area contributed by atoms with Crippen LogP contribution in [0.5, 0.6) is 0 Å². The molecule has 1 aliphatic rings. The van der Waals surface area contributed by atoms with E-state index in [-0.39, 0.29) is 12.0 Å². The molecule has 1 aromatic rings. The Morgan fingerprint density at radius 3 is 2.76 bits per heavy atom. The fourth-order valence-electron chi connectivity index (χ4n) is 1.92. The van der Waals surface area contributed by atoms with Gasteiger partial charge in [0.1, 0.15) is 0 Å². The number of nitrogens with two attached hydrogens (primary N) is 1. The van der Waals surface area contributed by atoms with E-state index < -0.39 is 5.97 Å². The second kappa shape index (κ2) is 4.34. The fourth-order valence-corrected chi connectivity index (χ4v) is 1.92. The molecule has 0 heterocycles. The number of carboxylic acids is 1. The number of nitrogens with zero attached hydrogens (tertiary/aromatic N) is 1. The molecule has 0 unspecified atom stereocenters. The van der Waals surface area contributed by atoms with Gasteiger partial charge in [0.25, 0.3) is 0 Å². The Bertz CT molecular complexity index is 487. The highest BCUT2D eigenvalue weighted by atomic mass is 16.4. The standard InChI is InChI=1S/C12H13N3O2/c13-6-7-1-2-11(10(14)3-7)15-9-4-8(5-9)12(16)17/h1-3,8-9,15H,4-5,14H2,(H,16,17). The third-order valence-corrected chi connectivity index (χ3v) is 3.03. The zero-order chi connectivity index (χ0) is 12.4. The Labute approximate surface area is 98.9 Å². The van der Waals surface area contributed by atoms with Crippen LogP contribution in [0.3, 0.4) is 0 Å². The average Bonchev–Trinajstić information content (AvgIpc) is 2.23. The number of nitriles is 1. The summed E-state index contributed by atoms with van der Waals surface area (Å²) in [6.45, 7) is 0. The van der Waals surface area contributed by atoms with E-state index in [1.165, 1.54) is 0 Å². The summed E-state index contributed by atoms with van der Waals surface area (Å²) in [5.74, 6) is -0.983. The number of nitrogen functional groups attached to an aromatic ring is 1. The Morgan fingerprint density at radius 1 is 1.53 bits per heavy atom. The summed E-state index contributed by atoms with van der Waals surface area (Å²) in [6.07, 6.45) is 1.24. The highest BCUT2D eigenvalue weighted by Crippen LogP contribution is 2.32. The average molecular weight is 231 g/mol. The molecule has 1 aromatic carbocycles. The molecule has 0 amide bonds. The van der Waals surface area contributed by atoms with Crippen molar-refractivity contribution in [2.24, 2.45) is 5.92 Å². The first-order chi connectivity index (χ1) is 8.10. The lowest BCUT2D eigenvalue weighted by molar-refractivity contribution is -0.144. The third kappa shape index (κ3) is 2.31. The minimum Gasteiger partial charge on any atom is -0.481 e. The number of carbonyl (C=O) groups is 1. The molecule has 88 valence electrons. The molecule has 2 rings (SSSR count). The van der Waals surface area contributed by atoms with Crippen molar-refractivity contribution < 1.29 is 9.90 Å². The minimum absolute atomic E-state index is 0.159. The van der Waals surface area contributed by atoms with Crippen LogP contribution in [0.2, 0.25) is 0 Å². The lowest BCUT2D eigenvalue weighted by Gasteiger charge is -2.34. The second-order valence-corrected chi connectivity index (χ2v) is 4.26. The maximum absolute atomic E-state index is 10.6. The van der Waals surface area contributed by atoms with Gasteiger partial charge in [-0.15, -0.1) is 0 Å². The van der Waals surface area contributed by atoms with Gasteiger partial charge in [-0.25, -0.2) is 0 Å². The Balaban J connectivity index is 1.97. The summed E-state index contributed by atoms with van der Waals surface area (Å²) in [5.41, 5.74) is 7.59. The number of aliphatic carboxylic acids is 1. The molecule has 4 N–H and O–H groups in total. The zero-order valence-electron chi connectivity index (χ0n) is 9.18. The summed E-state index contributed by atoms with van der Waals surface area (Å²) in [7, 11) is 0. The lowest BCUT2D eigenvalue weighted by Crippen LogP contribution is -2.39. The third-order valence-electron chi connectivity index (χ3n) is 3.03. The Hall–Kier alpha value is -2.22. The van der Waals surface area contributed by atoms with Crippen LogP contribution in [-0.4, -0.2) is 17.1 Å². The van der Waals surface area contributed by atoms with E-state index in [2.05, 4.69) is 5.32 Å². The van der Waals surface area contributed by atoms with Crippen LogP contribution in [0.25, 0.3) is 0 Å². The normalized spacial score (nSPS) is 22.3. The summed E-state index contributed by atoms with van der Waals surface area (Å²) in [4.78, 5) is 10.6. The fraction of sp³-hybridized carbons (Fsp3) is 0.333. The van der Waals surface area contributed by atoms with Crippen LogP contribution >= 0.6 is 0 Å². The van der Waals surface area contributed by atoms with Crippen molar-refractivity contribution in [1.29, 1.82) is 5.26 Å². The van der Waals surface area contributed by atoms with E-state index >= 15 is 0 Å². The van der Waals surface area contributed by atoms with Gasteiger partial charge in [-0.2, -0.15) is 5.26 Å². The molecular formula is C12H13N3O2. The van der Waals surface area contributed by atoms with Gasteiger partial charge in [0.05, 0.1) is 28.9 Å². The van der Waals surface area contributed by atoms with Crippen LogP contribution in [0, 0.1) is 17.2 Å². The molecule has 5 heteroatoms. The first-order valence-electron chi connectivity index (χ1n) is 5.39. The molecule has 1 saturated carbocycles. The molecule has 1 aliphatic carbocycles. The van der Waals surface area contributed by atoms with Crippen molar-refractivity contribution >= 4 is 17.3 Å². The molecule has 0 spiro atoms. The van der Waals surface area contributed by atoms with Gasteiger partial charge in [-0.1, -0.05) is 0 Å². The maximum atomic E-state index is 10.6. The van der Waals surface area contributed by atoms with Crippen LogP contribution in [-0.2, 0) is 4.79 Å². The predicted octanol–water partition coefficient (Wildman–Crippen LogP) is 1.42. The molecule has 0 atom stereocenters. The number of hydrogen-bond acceptors (Lipinski definition) is 4. The molecule has 5 nitrogen and oxygen atoms in total. The molecular weight excluding hydrogens is 218 g/mol. The number of benzene rings is 1. The summed E-state index contributed by atoms with van der Waals surface area (Å²) >= 11 is 0. The number of carboxylic acid groups (broad SMARTS) is 1. The van der Waals surface area contributed by atoms with Gasteiger partial charge in [0.2, 0.25) is 0 Å². The van der Waals surface area contributed by atoms with Crippen LogP contribution in [0.4, 0.5) is 11.4 Å². The highest BCUT2D eigenvalue weighted by Gasteiger charge is 2.34. The Kier molecular flexibility index (Phi) is 2.88. The van der Waals surface area contributed by atoms with E-state index in [9.17, 15) is 4.79 Å². The number of nitrogens with one attached hydrogen (secondary N) is 1. The molecule has 1 fully saturated rings. The van der Waals surface area contributed by atoms with Crippen molar-refractivity contribution in [3.05, 3.63) is 23.8 Å². The summed E-state index contributed by atoms with van der Waals surface area (Å²) in [5, 5.41) is 20.6. The smallest absolute Gasteiger partial charge is 0.306 e. The summed E-state index contributed by atoms with van der Waals surface area (Å²) in [6, 6.07) is 7.22. The number of rotatable bonds is 3. The minimum atomic E-state index is -0.740. The predicted molar refractivity (Wildman–Crippen MR) is 63.3 cm³/mol. The van der Waals surface area contributed by atoms with E-state index in [1.807, 2.05) is 6.07 Å². The second-order valence-electron chi connectivity index (χ2n) is 4.26. The lowest BCUT2D eigenvalue weighted by atomic mass is 9.80. The number of anilines is 2. The van der Waals surface area contributed by atoms with Crippen LogP contribution in [0.1, 0.15) is 18.4 Å². The molecule has 0 radical (unpaired) electrons. The van der Waals surface area contributed by atoms with Crippen molar-refractivity contribution in [2.75, 3.05) is 11.1 Å². The van der Waals surface area contributed by atoms with Gasteiger partial charge in [-0.05, 0) is 31.0 Å². The van der Waals surface area contributed by atoms with Gasteiger partial charge >= 0.3 is 5.97 Å². The molecule has 17 heavy (non-hydrogen) atoms. The maximum Gasteiger partial charge on any atom is 0.306 e. The first-order valence-corrected chi connectivity index (χ1v) is 5.39. The van der Waals surface area contributed by atoms with E-state index in [1.54, 1.807) is 18.2 Å². The van der Waals surface area contributed by atoms with E-state index in [0.29, 0.717) is 24.1 Å². The largest absolute Gasteiger partial charge is 0.481 e. The SMILES string of the molecule is N#Cc1ccc(NC2CC(C(=O)O)C2)c(N)c1. The van der Waals surface area contributed by atoms with Gasteiger partial charge in [0, 0.05) is 6.04 Å². The molecule has 0 aliphatic heterocycles. The summed E-state index contributed by atoms with van der Waals surface area (Å²) < 4.78 is 0. The van der Waals surface area contributed by atoms with Crippen molar-refractivity contribution in [2.45, 2.75) is 18.9 Å². The topological polar surface area (TPSA) is 99.1 Å². The van der Waals surface area contributed by atoms with Crippen molar-refractivity contribution in [3.63, 3.8) is 0 Å². The van der Waals surface area contributed by atoms with Crippen LogP contribution < -0.4 is 11.1 Å². The molecule has 0 aromatic heterocycles. The van der Waals surface area contributed by atoms with Crippen LogP contribution in [0.15, 0.2) is 18.2 Å². The molecule has 0 bridgehead atoms. The van der Waals surface area contributed by atoms with Gasteiger partial charge in [0.15, 0.2) is 0 Å².